The monoisotopic (exact) mass is 337 g/mol. The number of nitrogens with one attached hydrogen (secondary N) is 1. The predicted molar refractivity (Wildman–Crippen MR) is 78.3 cm³/mol. The highest BCUT2D eigenvalue weighted by atomic mass is 79.9. The molecule has 0 aliphatic heterocycles. The molecule has 0 aliphatic carbocycles. The number of nitriles is 1. The Morgan fingerprint density at radius 1 is 1.42 bits per heavy atom. The summed E-state index contributed by atoms with van der Waals surface area (Å²) >= 11 is 9.15. The van der Waals surface area contributed by atoms with Crippen molar-refractivity contribution in [3.05, 3.63) is 39.2 Å². The Hall–Kier alpha value is -1.84. The molecule has 0 aliphatic rings. The van der Waals surface area contributed by atoms with Gasteiger partial charge in [-0.2, -0.15) is 10.2 Å². The predicted octanol–water partition coefficient (Wildman–Crippen LogP) is 3.40. The first-order chi connectivity index (χ1) is 9.01. The molecule has 19 heavy (non-hydrogen) atoms. The number of anilines is 3. The lowest BCUT2D eigenvalue weighted by Gasteiger charge is -2.11. The highest BCUT2D eigenvalue weighted by Gasteiger charge is 2.10. The number of benzene rings is 1. The second kappa shape index (κ2) is 5.43. The van der Waals surface area contributed by atoms with E-state index in [2.05, 4.69) is 37.3 Å². The van der Waals surface area contributed by atoms with Crippen LogP contribution in [0.15, 0.2) is 22.7 Å². The summed E-state index contributed by atoms with van der Waals surface area (Å²) in [7, 11) is 0. The Balaban J connectivity index is 2.47. The van der Waals surface area contributed by atoms with Gasteiger partial charge in [-0.3, -0.25) is 0 Å². The van der Waals surface area contributed by atoms with Gasteiger partial charge in [0.1, 0.15) is 6.07 Å². The molecule has 0 unspecified atom stereocenters. The van der Waals surface area contributed by atoms with E-state index in [1.54, 1.807) is 25.1 Å². The second-order valence-electron chi connectivity index (χ2n) is 3.77. The third kappa shape index (κ3) is 2.95. The van der Waals surface area contributed by atoms with Crippen LogP contribution in [-0.2, 0) is 0 Å². The average Bonchev–Trinajstić information content (AvgIpc) is 2.35. The number of hydrogen-bond donors (Lipinski definition) is 2. The lowest BCUT2D eigenvalue weighted by molar-refractivity contribution is 1.11. The van der Waals surface area contributed by atoms with Crippen molar-refractivity contribution in [2.24, 2.45) is 0 Å². The number of aromatic nitrogens is 2. The zero-order valence-electron chi connectivity index (χ0n) is 9.91. The minimum atomic E-state index is 0.0997. The summed E-state index contributed by atoms with van der Waals surface area (Å²) in [5.74, 6) is 0.382. The van der Waals surface area contributed by atoms with Crippen molar-refractivity contribution >= 4 is 44.7 Å². The highest BCUT2D eigenvalue weighted by Crippen LogP contribution is 2.28. The summed E-state index contributed by atoms with van der Waals surface area (Å²) in [5, 5.41) is 12.2. The standard InChI is InChI=1S/C12H9BrClN5/c1-6-10(16)11(19-12(14)17-6)18-9-4-8(13)3-2-7(9)5-15/h2-4H,16H2,1H3,(H,17,18,19). The van der Waals surface area contributed by atoms with Crippen molar-refractivity contribution in [2.75, 3.05) is 11.1 Å². The Morgan fingerprint density at radius 3 is 2.84 bits per heavy atom. The molecule has 7 heteroatoms. The number of hydrogen-bond acceptors (Lipinski definition) is 5. The molecule has 0 atom stereocenters. The Kier molecular flexibility index (Phi) is 3.88. The van der Waals surface area contributed by atoms with Crippen LogP contribution in [0.3, 0.4) is 0 Å². The highest BCUT2D eigenvalue weighted by molar-refractivity contribution is 9.10. The third-order valence-electron chi connectivity index (χ3n) is 2.46. The van der Waals surface area contributed by atoms with Gasteiger partial charge >= 0.3 is 0 Å². The van der Waals surface area contributed by atoms with Crippen LogP contribution >= 0.6 is 27.5 Å². The summed E-state index contributed by atoms with van der Waals surface area (Å²) in [4.78, 5) is 7.98. The molecule has 0 saturated heterocycles. The van der Waals surface area contributed by atoms with Crippen LogP contribution in [0, 0.1) is 18.3 Å². The molecule has 0 radical (unpaired) electrons. The molecule has 0 amide bonds. The first-order valence-electron chi connectivity index (χ1n) is 5.27. The maximum absolute atomic E-state index is 9.07. The van der Waals surface area contributed by atoms with Gasteiger partial charge < -0.3 is 11.1 Å². The minimum Gasteiger partial charge on any atom is -0.394 e. The van der Waals surface area contributed by atoms with E-state index in [4.69, 9.17) is 22.6 Å². The zero-order valence-corrected chi connectivity index (χ0v) is 12.2. The van der Waals surface area contributed by atoms with Gasteiger partial charge in [0.25, 0.3) is 0 Å². The van der Waals surface area contributed by atoms with E-state index in [1.807, 2.05) is 0 Å². The molecular weight excluding hydrogens is 330 g/mol. The molecule has 0 bridgehead atoms. The van der Waals surface area contributed by atoms with Crippen LogP contribution in [0.4, 0.5) is 17.2 Å². The van der Waals surface area contributed by atoms with Gasteiger partial charge in [0, 0.05) is 4.47 Å². The molecule has 1 aromatic heterocycles. The number of nitrogens with zero attached hydrogens (tertiary/aromatic N) is 3. The van der Waals surface area contributed by atoms with Gasteiger partial charge in [-0.25, -0.2) is 4.98 Å². The van der Waals surface area contributed by atoms with Crippen molar-refractivity contribution in [3.8, 4) is 6.07 Å². The van der Waals surface area contributed by atoms with Gasteiger partial charge in [-0.1, -0.05) is 15.9 Å². The minimum absolute atomic E-state index is 0.0997. The third-order valence-corrected chi connectivity index (χ3v) is 3.13. The van der Waals surface area contributed by atoms with E-state index in [0.717, 1.165) is 4.47 Å². The molecule has 5 nitrogen and oxygen atoms in total. The first kappa shape index (κ1) is 13.6. The van der Waals surface area contributed by atoms with E-state index in [-0.39, 0.29) is 5.28 Å². The van der Waals surface area contributed by atoms with Crippen molar-refractivity contribution in [3.63, 3.8) is 0 Å². The summed E-state index contributed by atoms with van der Waals surface area (Å²) in [6.45, 7) is 1.74. The second-order valence-corrected chi connectivity index (χ2v) is 5.02. The van der Waals surface area contributed by atoms with Crippen molar-refractivity contribution in [1.82, 2.24) is 9.97 Å². The number of halogens is 2. The van der Waals surface area contributed by atoms with E-state index >= 15 is 0 Å². The van der Waals surface area contributed by atoms with Gasteiger partial charge in [0.15, 0.2) is 5.82 Å². The first-order valence-corrected chi connectivity index (χ1v) is 6.44. The summed E-state index contributed by atoms with van der Waals surface area (Å²) < 4.78 is 0.837. The van der Waals surface area contributed by atoms with Crippen LogP contribution < -0.4 is 11.1 Å². The molecule has 96 valence electrons. The van der Waals surface area contributed by atoms with E-state index in [9.17, 15) is 0 Å². The van der Waals surface area contributed by atoms with E-state index in [1.165, 1.54) is 0 Å². The zero-order chi connectivity index (χ0) is 14.0. The van der Waals surface area contributed by atoms with Gasteiger partial charge in [0.2, 0.25) is 5.28 Å². The van der Waals surface area contributed by atoms with Gasteiger partial charge in [-0.15, -0.1) is 0 Å². The van der Waals surface area contributed by atoms with Crippen LogP contribution in [0.25, 0.3) is 0 Å². The van der Waals surface area contributed by atoms with Crippen LogP contribution in [0.2, 0.25) is 5.28 Å². The molecule has 0 fully saturated rings. The maximum Gasteiger partial charge on any atom is 0.224 e. The fourth-order valence-corrected chi connectivity index (χ4v) is 2.06. The van der Waals surface area contributed by atoms with Gasteiger partial charge in [-0.05, 0) is 36.7 Å². The molecular formula is C12H9BrClN5. The number of nitrogen functional groups attached to an aromatic ring is 1. The largest absolute Gasteiger partial charge is 0.394 e. The molecule has 0 saturated carbocycles. The Labute approximate surface area is 123 Å². The van der Waals surface area contributed by atoms with Crippen molar-refractivity contribution in [1.29, 1.82) is 5.26 Å². The maximum atomic E-state index is 9.07. The van der Waals surface area contributed by atoms with E-state index in [0.29, 0.717) is 28.5 Å². The Morgan fingerprint density at radius 2 is 2.16 bits per heavy atom. The SMILES string of the molecule is Cc1nc(Cl)nc(Nc2cc(Br)ccc2C#N)c1N. The van der Waals surface area contributed by atoms with E-state index < -0.39 is 0 Å². The molecule has 1 aromatic carbocycles. The molecule has 2 rings (SSSR count). The van der Waals surface area contributed by atoms with Crippen LogP contribution in [-0.4, -0.2) is 9.97 Å². The quantitative estimate of drug-likeness (QED) is 0.819. The van der Waals surface area contributed by atoms with Crippen LogP contribution in [0.1, 0.15) is 11.3 Å². The fourth-order valence-electron chi connectivity index (χ4n) is 1.49. The molecule has 2 aromatic rings. The molecule has 1 heterocycles. The molecule has 3 N–H and O–H groups in total. The smallest absolute Gasteiger partial charge is 0.224 e. The topological polar surface area (TPSA) is 87.6 Å². The fraction of sp³-hybridized carbons (Fsp3) is 0.0833. The lowest BCUT2D eigenvalue weighted by atomic mass is 10.2. The lowest BCUT2D eigenvalue weighted by Crippen LogP contribution is -2.04. The van der Waals surface area contributed by atoms with Crippen LogP contribution in [0.5, 0.6) is 0 Å². The van der Waals surface area contributed by atoms with Gasteiger partial charge in [0.05, 0.1) is 22.6 Å². The Bertz CT molecular complexity index is 681. The number of nitrogens with two attached hydrogens (primary N) is 1. The average molecular weight is 339 g/mol. The summed E-state index contributed by atoms with van der Waals surface area (Å²) in [6.07, 6.45) is 0. The number of aryl methyl sites for hydroxylation is 1. The molecule has 0 spiro atoms. The summed E-state index contributed by atoms with van der Waals surface area (Å²) in [6, 6.07) is 7.33. The van der Waals surface area contributed by atoms with Crippen molar-refractivity contribution < 1.29 is 0 Å². The normalized spacial score (nSPS) is 10.0. The van der Waals surface area contributed by atoms with Crippen molar-refractivity contribution in [2.45, 2.75) is 6.92 Å². The summed E-state index contributed by atoms with van der Waals surface area (Å²) in [5.41, 5.74) is 7.94. The number of rotatable bonds is 2.